The van der Waals surface area contributed by atoms with Gasteiger partial charge in [-0.2, -0.15) is 0 Å². The number of hydrogen-bond acceptors (Lipinski definition) is 4. The maximum Gasteiger partial charge on any atom is 0.335 e. The lowest BCUT2D eigenvalue weighted by molar-refractivity contribution is -0.150. The van der Waals surface area contributed by atoms with Crippen LogP contribution in [-0.2, 0) is 16.0 Å². The summed E-state index contributed by atoms with van der Waals surface area (Å²) in [5.74, 6) is -0.578. The lowest BCUT2D eigenvalue weighted by Crippen LogP contribution is -2.23. The SMILES string of the molecule is COC(=O)C(O)Cc1cc(C)cs1. The minimum atomic E-state index is -1.04. The van der Waals surface area contributed by atoms with Gasteiger partial charge in [0.15, 0.2) is 6.10 Å². The van der Waals surface area contributed by atoms with Gasteiger partial charge in [-0.1, -0.05) is 0 Å². The molecular formula is C9H12O3S. The summed E-state index contributed by atoms with van der Waals surface area (Å²) in [6.45, 7) is 1.98. The molecule has 1 unspecified atom stereocenters. The molecule has 0 aliphatic heterocycles. The molecule has 13 heavy (non-hydrogen) atoms. The van der Waals surface area contributed by atoms with Crippen molar-refractivity contribution in [1.82, 2.24) is 0 Å². The minimum absolute atomic E-state index is 0.338. The molecule has 0 radical (unpaired) electrons. The van der Waals surface area contributed by atoms with Crippen LogP contribution in [0.1, 0.15) is 10.4 Å². The maximum atomic E-state index is 10.9. The Kier molecular flexibility index (Phi) is 3.45. The summed E-state index contributed by atoms with van der Waals surface area (Å²) >= 11 is 1.54. The van der Waals surface area contributed by atoms with Crippen LogP contribution in [0, 0.1) is 6.92 Å². The Labute approximate surface area is 81.0 Å². The number of ether oxygens (including phenoxy) is 1. The van der Waals surface area contributed by atoms with Gasteiger partial charge < -0.3 is 9.84 Å². The first-order valence-electron chi connectivity index (χ1n) is 3.93. The summed E-state index contributed by atoms with van der Waals surface area (Å²) in [5.41, 5.74) is 1.15. The third-order valence-electron chi connectivity index (χ3n) is 1.65. The molecule has 0 spiro atoms. The molecule has 4 heteroatoms. The molecule has 0 saturated carbocycles. The summed E-state index contributed by atoms with van der Waals surface area (Å²) in [4.78, 5) is 11.9. The molecule has 1 aromatic rings. The molecule has 0 aliphatic rings. The van der Waals surface area contributed by atoms with Gasteiger partial charge in [-0.3, -0.25) is 0 Å². The summed E-state index contributed by atoms with van der Waals surface area (Å²) in [6, 6.07) is 1.96. The highest BCUT2D eigenvalue weighted by molar-refractivity contribution is 7.10. The zero-order valence-corrected chi connectivity index (χ0v) is 8.43. The first-order chi connectivity index (χ1) is 6.13. The fourth-order valence-electron chi connectivity index (χ4n) is 1.01. The smallest absolute Gasteiger partial charge is 0.335 e. The van der Waals surface area contributed by atoms with Gasteiger partial charge >= 0.3 is 5.97 Å². The molecule has 0 aromatic carbocycles. The zero-order chi connectivity index (χ0) is 9.84. The largest absolute Gasteiger partial charge is 0.467 e. The van der Waals surface area contributed by atoms with Crippen LogP contribution in [0.25, 0.3) is 0 Å². The molecule has 0 saturated heterocycles. The highest BCUT2D eigenvalue weighted by atomic mass is 32.1. The second-order valence-corrected chi connectivity index (χ2v) is 3.83. The van der Waals surface area contributed by atoms with Crippen LogP contribution in [0.2, 0.25) is 0 Å². The summed E-state index contributed by atoms with van der Waals surface area (Å²) in [6.07, 6.45) is -0.700. The third-order valence-corrected chi connectivity index (χ3v) is 2.73. The molecule has 0 amide bonds. The number of methoxy groups -OCH3 is 1. The van der Waals surface area contributed by atoms with Gasteiger partial charge in [0.25, 0.3) is 0 Å². The van der Waals surface area contributed by atoms with E-state index in [9.17, 15) is 9.90 Å². The van der Waals surface area contributed by atoms with E-state index in [0.717, 1.165) is 10.4 Å². The van der Waals surface area contributed by atoms with Gasteiger partial charge in [-0.25, -0.2) is 4.79 Å². The van der Waals surface area contributed by atoms with E-state index < -0.39 is 12.1 Å². The normalized spacial score (nSPS) is 12.5. The van der Waals surface area contributed by atoms with Crippen molar-refractivity contribution >= 4 is 17.3 Å². The third kappa shape index (κ3) is 2.82. The maximum absolute atomic E-state index is 10.9. The van der Waals surface area contributed by atoms with E-state index in [0.29, 0.717) is 6.42 Å². The Hall–Kier alpha value is -0.870. The van der Waals surface area contributed by atoms with Crippen molar-refractivity contribution in [3.8, 4) is 0 Å². The van der Waals surface area contributed by atoms with E-state index >= 15 is 0 Å². The Morgan fingerprint density at radius 3 is 2.92 bits per heavy atom. The van der Waals surface area contributed by atoms with Crippen molar-refractivity contribution in [1.29, 1.82) is 0 Å². The predicted molar refractivity (Wildman–Crippen MR) is 50.8 cm³/mol. The standard InChI is InChI=1S/C9H12O3S/c1-6-3-7(13-5-6)4-8(10)9(11)12-2/h3,5,8,10H,4H2,1-2H3. The number of carbonyl (C=O) groups is 1. The second kappa shape index (κ2) is 4.39. The molecule has 1 N–H and O–H groups in total. The van der Waals surface area contributed by atoms with Gasteiger partial charge in [0.1, 0.15) is 0 Å². The van der Waals surface area contributed by atoms with E-state index in [1.807, 2.05) is 18.4 Å². The van der Waals surface area contributed by atoms with Crippen molar-refractivity contribution in [2.75, 3.05) is 7.11 Å². The topological polar surface area (TPSA) is 46.5 Å². The molecule has 1 heterocycles. The molecular weight excluding hydrogens is 188 g/mol. The van der Waals surface area contributed by atoms with Gasteiger partial charge in [-0.05, 0) is 23.9 Å². The fourth-order valence-corrected chi connectivity index (χ4v) is 1.92. The number of aryl methyl sites for hydroxylation is 1. The van der Waals surface area contributed by atoms with Gasteiger partial charge in [0.05, 0.1) is 7.11 Å². The van der Waals surface area contributed by atoms with Crippen molar-refractivity contribution in [2.24, 2.45) is 0 Å². The lowest BCUT2D eigenvalue weighted by Gasteiger charge is -2.05. The van der Waals surface area contributed by atoms with Crippen LogP contribution in [0.15, 0.2) is 11.4 Å². The van der Waals surface area contributed by atoms with Crippen LogP contribution in [-0.4, -0.2) is 24.3 Å². The van der Waals surface area contributed by atoms with E-state index in [4.69, 9.17) is 0 Å². The Morgan fingerprint density at radius 2 is 2.46 bits per heavy atom. The van der Waals surface area contributed by atoms with Crippen LogP contribution in [0.4, 0.5) is 0 Å². The molecule has 1 rings (SSSR count). The van der Waals surface area contributed by atoms with Gasteiger partial charge in [-0.15, -0.1) is 11.3 Å². The highest BCUT2D eigenvalue weighted by Gasteiger charge is 2.16. The van der Waals surface area contributed by atoms with Crippen LogP contribution in [0.3, 0.4) is 0 Å². The summed E-state index contributed by atoms with van der Waals surface area (Å²) < 4.78 is 4.41. The zero-order valence-electron chi connectivity index (χ0n) is 7.61. The average molecular weight is 200 g/mol. The van der Waals surface area contributed by atoms with Gasteiger partial charge in [0, 0.05) is 11.3 Å². The van der Waals surface area contributed by atoms with Crippen molar-refractivity contribution in [3.05, 3.63) is 21.9 Å². The lowest BCUT2D eigenvalue weighted by atomic mass is 10.2. The van der Waals surface area contributed by atoms with Crippen LogP contribution in [0.5, 0.6) is 0 Å². The molecule has 0 aliphatic carbocycles. The number of carbonyl (C=O) groups excluding carboxylic acids is 1. The number of rotatable bonds is 3. The summed E-state index contributed by atoms with van der Waals surface area (Å²) in [7, 11) is 1.27. The number of thiophene rings is 1. The number of aliphatic hydroxyl groups is 1. The number of aliphatic hydroxyl groups excluding tert-OH is 1. The minimum Gasteiger partial charge on any atom is -0.467 e. The quantitative estimate of drug-likeness (QED) is 0.744. The second-order valence-electron chi connectivity index (χ2n) is 2.83. The molecule has 0 fully saturated rings. The first kappa shape index (κ1) is 10.2. The van der Waals surface area contributed by atoms with Crippen molar-refractivity contribution in [2.45, 2.75) is 19.4 Å². The highest BCUT2D eigenvalue weighted by Crippen LogP contribution is 2.15. The van der Waals surface area contributed by atoms with Crippen LogP contribution < -0.4 is 0 Å². The monoisotopic (exact) mass is 200 g/mol. The Bertz CT molecular complexity index is 293. The fraction of sp³-hybridized carbons (Fsp3) is 0.444. The number of hydrogen-bond donors (Lipinski definition) is 1. The Balaban J connectivity index is 2.54. The van der Waals surface area contributed by atoms with E-state index in [1.165, 1.54) is 18.4 Å². The van der Waals surface area contributed by atoms with Gasteiger partial charge in [0.2, 0.25) is 0 Å². The predicted octanol–water partition coefficient (Wildman–Crippen LogP) is 1.13. The van der Waals surface area contributed by atoms with E-state index in [-0.39, 0.29) is 0 Å². The van der Waals surface area contributed by atoms with Crippen molar-refractivity contribution in [3.63, 3.8) is 0 Å². The van der Waals surface area contributed by atoms with E-state index in [2.05, 4.69) is 4.74 Å². The number of esters is 1. The molecule has 72 valence electrons. The first-order valence-corrected chi connectivity index (χ1v) is 4.81. The molecule has 0 bridgehead atoms. The molecule has 1 atom stereocenters. The summed E-state index contributed by atoms with van der Waals surface area (Å²) in [5, 5.41) is 11.3. The van der Waals surface area contributed by atoms with E-state index in [1.54, 1.807) is 0 Å². The van der Waals surface area contributed by atoms with Crippen LogP contribution >= 0.6 is 11.3 Å². The molecule has 1 aromatic heterocycles. The van der Waals surface area contributed by atoms with Crippen molar-refractivity contribution < 1.29 is 14.6 Å². The average Bonchev–Trinajstić information content (AvgIpc) is 2.49. The molecule has 3 nitrogen and oxygen atoms in total. The Morgan fingerprint density at radius 1 is 1.77 bits per heavy atom.